The van der Waals surface area contributed by atoms with E-state index in [9.17, 15) is 13.2 Å². The Kier molecular flexibility index (Phi) is 8.14. The molecule has 1 aromatic carbocycles. The van der Waals surface area contributed by atoms with Crippen molar-refractivity contribution < 1.29 is 17.4 Å². The topological polar surface area (TPSA) is 63.7 Å². The number of rotatable bonds is 10. The number of carbonyl (C=O) groups excluding carboxylic acids is 1. The normalized spacial score (nSPS) is 15.3. The molecule has 1 aliphatic rings. The summed E-state index contributed by atoms with van der Waals surface area (Å²) in [6.45, 7) is 5.63. The van der Waals surface area contributed by atoms with Crippen LogP contribution in [0.3, 0.4) is 0 Å². The van der Waals surface area contributed by atoms with E-state index in [-0.39, 0.29) is 5.91 Å². The van der Waals surface area contributed by atoms with E-state index in [0.717, 1.165) is 31.2 Å². The molecule has 0 bridgehead atoms. The van der Waals surface area contributed by atoms with Gasteiger partial charge in [-0.2, -0.15) is 8.42 Å². The molecule has 0 N–H and O–H groups in total. The SMILES string of the molecule is CC(C)CCN(Cc1ccc(OS(C)(=O)=O)cc1)C(=O)CCC1CCCC1. The molecule has 1 fully saturated rings. The Morgan fingerprint density at radius 3 is 2.37 bits per heavy atom. The third-order valence-electron chi connectivity index (χ3n) is 5.11. The van der Waals surface area contributed by atoms with Gasteiger partial charge >= 0.3 is 10.1 Å². The first kappa shape index (κ1) is 21.7. The summed E-state index contributed by atoms with van der Waals surface area (Å²) in [5.41, 5.74) is 0.980. The van der Waals surface area contributed by atoms with Crippen molar-refractivity contribution in [3.8, 4) is 5.75 Å². The van der Waals surface area contributed by atoms with E-state index in [1.165, 1.54) is 25.7 Å². The number of hydrogen-bond acceptors (Lipinski definition) is 4. The highest BCUT2D eigenvalue weighted by Gasteiger charge is 2.19. The van der Waals surface area contributed by atoms with Crippen LogP contribution in [0.1, 0.15) is 64.4 Å². The molecule has 6 heteroatoms. The molecule has 1 aromatic rings. The second-order valence-electron chi connectivity index (χ2n) is 8.12. The highest BCUT2D eigenvalue weighted by Crippen LogP contribution is 2.29. The lowest BCUT2D eigenvalue weighted by Crippen LogP contribution is -2.32. The Hall–Kier alpha value is -1.56. The monoisotopic (exact) mass is 395 g/mol. The Morgan fingerprint density at radius 2 is 1.81 bits per heavy atom. The number of benzene rings is 1. The predicted octanol–water partition coefficient (Wildman–Crippen LogP) is 4.37. The van der Waals surface area contributed by atoms with E-state index in [2.05, 4.69) is 13.8 Å². The first-order valence-electron chi connectivity index (χ1n) is 9.99. The second kappa shape index (κ2) is 10.1. The maximum absolute atomic E-state index is 12.8. The standard InChI is InChI=1S/C21H33NO4S/c1-17(2)14-15-22(21(23)13-10-18-6-4-5-7-18)16-19-8-11-20(12-9-19)26-27(3,24)25/h8-9,11-12,17-18H,4-7,10,13-16H2,1-3H3. The van der Waals surface area contributed by atoms with Crippen molar-refractivity contribution in [3.05, 3.63) is 29.8 Å². The fraction of sp³-hybridized carbons (Fsp3) is 0.667. The van der Waals surface area contributed by atoms with Crippen LogP contribution in [0.5, 0.6) is 5.75 Å². The van der Waals surface area contributed by atoms with Gasteiger partial charge in [0.1, 0.15) is 5.75 Å². The van der Waals surface area contributed by atoms with Crippen LogP contribution in [-0.2, 0) is 21.5 Å². The quantitative estimate of drug-likeness (QED) is 0.552. The minimum Gasteiger partial charge on any atom is -0.383 e. The summed E-state index contributed by atoms with van der Waals surface area (Å²) in [5.74, 6) is 1.77. The van der Waals surface area contributed by atoms with E-state index in [0.29, 0.717) is 30.6 Å². The summed E-state index contributed by atoms with van der Waals surface area (Å²) >= 11 is 0. The first-order valence-corrected chi connectivity index (χ1v) is 11.8. The fourth-order valence-electron chi connectivity index (χ4n) is 3.54. The molecular formula is C21H33NO4S. The number of hydrogen-bond donors (Lipinski definition) is 0. The van der Waals surface area contributed by atoms with Crippen molar-refractivity contribution in [2.75, 3.05) is 12.8 Å². The highest BCUT2D eigenvalue weighted by molar-refractivity contribution is 7.86. The minimum absolute atomic E-state index is 0.221. The largest absolute Gasteiger partial charge is 0.383 e. The second-order valence-corrected chi connectivity index (χ2v) is 9.69. The van der Waals surface area contributed by atoms with Crippen LogP contribution in [0.4, 0.5) is 0 Å². The van der Waals surface area contributed by atoms with Gasteiger partial charge in [0.25, 0.3) is 0 Å². The van der Waals surface area contributed by atoms with E-state index in [4.69, 9.17) is 4.18 Å². The molecule has 0 aliphatic heterocycles. The fourth-order valence-corrected chi connectivity index (χ4v) is 4.00. The van der Waals surface area contributed by atoms with Crippen molar-refractivity contribution in [3.63, 3.8) is 0 Å². The van der Waals surface area contributed by atoms with Gasteiger partial charge in [-0.25, -0.2) is 0 Å². The van der Waals surface area contributed by atoms with Crippen LogP contribution >= 0.6 is 0 Å². The Balaban J connectivity index is 1.96. The van der Waals surface area contributed by atoms with Gasteiger partial charge in [0.05, 0.1) is 6.26 Å². The molecule has 0 heterocycles. The number of carbonyl (C=O) groups is 1. The molecule has 0 spiro atoms. The first-order chi connectivity index (χ1) is 12.7. The zero-order valence-corrected chi connectivity index (χ0v) is 17.6. The zero-order chi connectivity index (χ0) is 19.9. The number of amides is 1. The van der Waals surface area contributed by atoms with Gasteiger partial charge < -0.3 is 9.08 Å². The van der Waals surface area contributed by atoms with Gasteiger partial charge in [-0.15, -0.1) is 0 Å². The summed E-state index contributed by atoms with van der Waals surface area (Å²) in [6, 6.07) is 6.93. The maximum Gasteiger partial charge on any atom is 0.306 e. The van der Waals surface area contributed by atoms with Crippen LogP contribution in [-0.4, -0.2) is 32.0 Å². The predicted molar refractivity (Wildman–Crippen MR) is 108 cm³/mol. The van der Waals surface area contributed by atoms with E-state index in [1.807, 2.05) is 17.0 Å². The van der Waals surface area contributed by atoms with Crippen LogP contribution in [0.25, 0.3) is 0 Å². The number of nitrogens with zero attached hydrogens (tertiary/aromatic N) is 1. The summed E-state index contributed by atoms with van der Waals surface area (Å²) in [7, 11) is -3.52. The van der Waals surface area contributed by atoms with Crippen LogP contribution in [0.15, 0.2) is 24.3 Å². The molecule has 0 unspecified atom stereocenters. The summed E-state index contributed by atoms with van der Waals surface area (Å²) in [6.07, 6.45) is 8.76. The van der Waals surface area contributed by atoms with Crippen LogP contribution in [0, 0.1) is 11.8 Å². The van der Waals surface area contributed by atoms with E-state index in [1.54, 1.807) is 12.1 Å². The van der Waals surface area contributed by atoms with Gasteiger partial charge in [-0.3, -0.25) is 4.79 Å². The van der Waals surface area contributed by atoms with Crippen LogP contribution in [0.2, 0.25) is 0 Å². The molecule has 152 valence electrons. The molecule has 1 amide bonds. The van der Waals surface area contributed by atoms with Crippen molar-refractivity contribution in [1.82, 2.24) is 4.90 Å². The molecule has 27 heavy (non-hydrogen) atoms. The van der Waals surface area contributed by atoms with Gasteiger partial charge in [0.2, 0.25) is 5.91 Å². The van der Waals surface area contributed by atoms with Crippen molar-refractivity contribution >= 4 is 16.0 Å². The van der Waals surface area contributed by atoms with Gasteiger partial charge in [-0.1, -0.05) is 51.7 Å². The summed E-state index contributed by atoms with van der Waals surface area (Å²) in [4.78, 5) is 14.7. The third kappa shape index (κ3) is 8.33. The summed E-state index contributed by atoms with van der Waals surface area (Å²) < 4.78 is 27.3. The zero-order valence-electron chi connectivity index (χ0n) is 16.8. The smallest absolute Gasteiger partial charge is 0.306 e. The lowest BCUT2D eigenvalue weighted by Gasteiger charge is -2.24. The highest BCUT2D eigenvalue weighted by atomic mass is 32.2. The molecule has 1 aliphatic carbocycles. The average Bonchev–Trinajstić information content (AvgIpc) is 3.10. The molecule has 5 nitrogen and oxygen atoms in total. The average molecular weight is 396 g/mol. The summed E-state index contributed by atoms with van der Waals surface area (Å²) in [5, 5.41) is 0. The maximum atomic E-state index is 12.8. The molecule has 0 aromatic heterocycles. The molecular weight excluding hydrogens is 362 g/mol. The third-order valence-corrected chi connectivity index (χ3v) is 5.61. The van der Waals surface area contributed by atoms with E-state index >= 15 is 0 Å². The Labute approximate surface area is 164 Å². The molecule has 0 atom stereocenters. The van der Waals surface area contributed by atoms with Gasteiger partial charge in [0, 0.05) is 19.5 Å². The van der Waals surface area contributed by atoms with Crippen molar-refractivity contribution in [2.24, 2.45) is 11.8 Å². The molecule has 2 rings (SSSR count). The van der Waals surface area contributed by atoms with Crippen LogP contribution < -0.4 is 4.18 Å². The lowest BCUT2D eigenvalue weighted by atomic mass is 10.0. The van der Waals surface area contributed by atoms with Crippen molar-refractivity contribution in [2.45, 2.75) is 65.3 Å². The van der Waals surface area contributed by atoms with Gasteiger partial charge in [0.15, 0.2) is 0 Å². The Morgan fingerprint density at radius 1 is 1.19 bits per heavy atom. The Bertz CT molecular complexity index is 691. The molecule has 0 saturated heterocycles. The van der Waals surface area contributed by atoms with Crippen molar-refractivity contribution in [1.29, 1.82) is 0 Å². The van der Waals surface area contributed by atoms with E-state index < -0.39 is 10.1 Å². The molecule has 0 radical (unpaired) electrons. The van der Waals surface area contributed by atoms with Gasteiger partial charge in [-0.05, 0) is 42.4 Å². The minimum atomic E-state index is -3.52. The lowest BCUT2D eigenvalue weighted by molar-refractivity contribution is -0.132. The molecule has 1 saturated carbocycles.